The molecule has 19 heavy (non-hydrogen) atoms. The first-order valence-electron chi connectivity index (χ1n) is 6.46. The van der Waals surface area contributed by atoms with Crippen LogP contribution >= 0.6 is 0 Å². The van der Waals surface area contributed by atoms with Crippen molar-refractivity contribution in [2.45, 2.75) is 44.2 Å². The van der Waals surface area contributed by atoms with Crippen LogP contribution in [-0.4, -0.2) is 17.2 Å². The van der Waals surface area contributed by atoms with E-state index in [0.29, 0.717) is 5.56 Å². The van der Waals surface area contributed by atoms with E-state index in [1.165, 1.54) is 6.07 Å². The minimum Gasteiger partial charge on any atom is -0.423 e. The van der Waals surface area contributed by atoms with E-state index in [1.54, 1.807) is 0 Å². The Bertz CT molecular complexity index is 440. The van der Waals surface area contributed by atoms with Crippen LogP contribution in [0, 0.1) is 0 Å². The summed E-state index contributed by atoms with van der Waals surface area (Å²) in [6.45, 7) is 0. The molecule has 0 radical (unpaired) electrons. The highest BCUT2D eigenvalue weighted by Crippen LogP contribution is 2.35. The third kappa shape index (κ3) is 3.51. The van der Waals surface area contributed by atoms with E-state index in [-0.39, 0.29) is 11.4 Å². The molecule has 0 saturated heterocycles. The van der Waals surface area contributed by atoms with Gasteiger partial charge in [0.15, 0.2) is 0 Å². The zero-order valence-electron chi connectivity index (χ0n) is 10.5. The Balaban J connectivity index is 2.39. The number of benzene rings is 1. The highest BCUT2D eigenvalue weighted by atomic mass is 19.4. The maximum absolute atomic E-state index is 12.8. The quantitative estimate of drug-likeness (QED) is 0.812. The summed E-state index contributed by atoms with van der Waals surface area (Å²) in [6, 6.07) is 3.43. The molecule has 1 aliphatic rings. The zero-order valence-corrected chi connectivity index (χ0v) is 10.5. The van der Waals surface area contributed by atoms with Crippen LogP contribution in [0.3, 0.4) is 0 Å². The average molecular weight is 272 g/mol. The lowest BCUT2D eigenvalue weighted by molar-refractivity contribution is -0.137. The molecule has 104 valence electrons. The van der Waals surface area contributed by atoms with Gasteiger partial charge in [0.25, 0.3) is 0 Å². The van der Waals surface area contributed by atoms with Gasteiger partial charge in [0, 0.05) is 0 Å². The molecule has 1 aromatic rings. The Morgan fingerprint density at radius 3 is 2.16 bits per heavy atom. The highest BCUT2D eigenvalue weighted by Gasteiger charge is 2.33. The third-order valence-corrected chi connectivity index (χ3v) is 3.68. The van der Waals surface area contributed by atoms with Crippen LogP contribution in [0.1, 0.15) is 49.1 Å². The van der Waals surface area contributed by atoms with Crippen LogP contribution in [0.5, 0.6) is 0 Å². The summed E-state index contributed by atoms with van der Waals surface area (Å²) in [5.74, 6) is 0.0912. The van der Waals surface area contributed by atoms with Crippen molar-refractivity contribution >= 4 is 12.6 Å². The predicted molar refractivity (Wildman–Crippen MR) is 67.1 cm³/mol. The van der Waals surface area contributed by atoms with Gasteiger partial charge in [0.2, 0.25) is 0 Å². The minimum atomic E-state index is -4.46. The summed E-state index contributed by atoms with van der Waals surface area (Å²) in [4.78, 5) is 0. The second-order valence-corrected chi connectivity index (χ2v) is 5.09. The van der Waals surface area contributed by atoms with Crippen molar-refractivity contribution in [1.29, 1.82) is 0 Å². The van der Waals surface area contributed by atoms with Gasteiger partial charge in [-0.3, -0.25) is 0 Å². The molecule has 1 fully saturated rings. The lowest BCUT2D eigenvalue weighted by Crippen LogP contribution is -2.31. The molecule has 0 spiro atoms. The fourth-order valence-corrected chi connectivity index (χ4v) is 2.66. The van der Waals surface area contributed by atoms with Crippen molar-refractivity contribution in [1.82, 2.24) is 0 Å². The van der Waals surface area contributed by atoms with Gasteiger partial charge in [-0.05, 0) is 35.9 Å². The molecule has 0 unspecified atom stereocenters. The maximum Gasteiger partial charge on any atom is 0.488 e. The van der Waals surface area contributed by atoms with Crippen molar-refractivity contribution in [3.63, 3.8) is 0 Å². The van der Waals surface area contributed by atoms with E-state index in [4.69, 9.17) is 10.0 Å². The van der Waals surface area contributed by atoms with Gasteiger partial charge in [-0.1, -0.05) is 31.4 Å². The monoisotopic (exact) mass is 272 g/mol. The van der Waals surface area contributed by atoms with Crippen LogP contribution in [0.4, 0.5) is 13.2 Å². The van der Waals surface area contributed by atoms with Crippen molar-refractivity contribution in [3.05, 3.63) is 29.3 Å². The molecular weight excluding hydrogens is 256 g/mol. The smallest absolute Gasteiger partial charge is 0.423 e. The van der Waals surface area contributed by atoms with Crippen molar-refractivity contribution in [2.75, 3.05) is 0 Å². The minimum absolute atomic E-state index is 0.0876. The molecule has 0 heterocycles. The lowest BCUT2D eigenvalue weighted by Gasteiger charge is -2.23. The molecule has 6 heteroatoms. The summed E-state index contributed by atoms with van der Waals surface area (Å²) >= 11 is 0. The molecule has 0 atom stereocenters. The predicted octanol–water partition coefficient (Wildman–Crippen LogP) is 2.43. The van der Waals surface area contributed by atoms with Crippen LogP contribution in [0.25, 0.3) is 0 Å². The Labute approximate surface area is 110 Å². The van der Waals surface area contributed by atoms with E-state index >= 15 is 0 Å². The van der Waals surface area contributed by atoms with E-state index in [1.807, 2.05) is 0 Å². The van der Waals surface area contributed by atoms with Gasteiger partial charge in [-0.15, -0.1) is 0 Å². The highest BCUT2D eigenvalue weighted by molar-refractivity contribution is 6.58. The fraction of sp³-hybridized carbons (Fsp3) is 0.538. The third-order valence-electron chi connectivity index (χ3n) is 3.68. The van der Waals surface area contributed by atoms with E-state index < -0.39 is 18.9 Å². The summed E-state index contributed by atoms with van der Waals surface area (Å²) < 4.78 is 38.4. The SMILES string of the molecule is OB(O)c1cc(C2CCCCC2)cc(C(F)(F)F)c1. The molecule has 1 aliphatic carbocycles. The van der Waals surface area contributed by atoms with Gasteiger partial charge in [-0.2, -0.15) is 13.2 Å². The fourth-order valence-electron chi connectivity index (χ4n) is 2.66. The lowest BCUT2D eigenvalue weighted by atomic mass is 9.75. The molecule has 0 bridgehead atoms. The topological polar surface area (TPSA) is 40.5 Å². The van der Waals surface area contributed by atoms with Crippen LogP contribution in [-0.2, 0) is 6.18 Å². The van der Waals surface area contributed by atoms with Gasteiger partial charge in [0.1, 0.15) is 0 Å². The van der Waals surface area contributed by atoms with Crippen LogP contribution in [0.15, 0.2) is 18.2 Å². The molecule has 0 amide bonds. The molecular formula is C13H16BF3O2. The summed E-state index contributed by atoms with van der Waals surface area (Å²) in [5.41, 5.74) is -0.327. The number of alkyl halides is 3. The molecule has 1 aromatic carbocycles. The standard InChI is InChI=1S/C13H16BF3O2/c15-13(16,17)11-6-10(7-12(8-11)14(18)19)9-4-2-1-3-5-9/h6-9,18-19H,1-5H2. The first kappa shape index (κ1) is 14.4. The first-order valence-corrected chi connectivity index (χ1v) is 6.46. The second kappa shape index (κ2) is 5.55. The maximum atomic E-state index is 12.8. The van der Waals surface area contributed by atoms with Crippen LogP contribution in [0.2, 0.25) is 0 Å². The van der Waals surface area contributed by atoms with Gasteiger partial charge < -0.3 is 10.0 Å². The number of halogens is 3. The average Bonchev–Trinajstić information content (AvgIpc) is 2.38. The normalized spacial score (nSPS) is 17.5. The molecule has 1 saturated carbocycles. The number of hydrogen-bond donors (Lipinski definition) is 2. The Kier molecular flexibility index (Phi) is 4.21. The molecule has 0 aromatic heterocycles. The van der Waals surface area contributed by atoms with E-state index in [0.717, 1.165) is 44.2 Å². The number of hydrogen-bond acceptors (Lipinski definition) is 2. The Hall–Kier alpha value is -1.01. The molecule has 2 nitrogen and oxygen atoms in total. The Morgan fingerprint density at radius 2 is 1.63 bits per heavy atom. The van der Waals surface area contributed by atoms with Crippen molar-refractivity contribution in [3.8, 4) is 0 Å². The van der Waals surface area contributed by atoms with Crippen molar-refractivity contribution in [2.24, 2.45) is 0 Å². The van der Waals surface area contributed by atoms with Gasteiger partial charge in [-0.25, -0.2) is 0 Å². The number of rotatable bonds is 2. The molecule has 0 aliphatic heterocycles. The summed E-state index contributed by atoms with van der Waals surface area (Å²) in [6.07, 6.45) is 0.402. The van der Waals surface area contributed by atoms with Crippen molar-refractivity contribution < 1.29 is 23.2 Å². The molecule has 2 rings (SSSR count). The Morgan fingerprint density at radius 1 is 1.00 bits per heavy atom. The zero-order chi connectivity index (χ0) is 14.0. The summed E-state index contributed by atoms with van der Waals surface area (Å²) in [7, 11) is -1.87. The van der Waals surface area contributed by atoms with E-state index in [2.05, 4.69) is 0 Å². The van der Waals surface area contributed by atoms with Gasteiger partial charge in [0.05, 0.1) is 5.56 Å². The molecule has 2 N–H and O–H groups in total. The summed E-state index contributed by atoms with van der Waals surface area (Å²) in [5, 5.41) is 18.2. The largest absolute Gasteiger partial charge is 0.488 e. The second-order valence-electron chi connectivity index (χ2n) is 5.09. The first-order chi connectivity index (χ1) is 8.88. The van der Waals surface area contributed by atoms with E-state index in [9.17, 15) is 13.2 Å². The van der Waals surface area contributed by atoms with Crippen LogP contribution < -0.4 is 5.46 Å². The van der Waals surface area contributed by atoms with Gasteiger partial charge >= 0.3 is 13.3 Å².